The van der Waals surface area contributed by atoms with Gasteiger partial charge >= 0.3 is 29.6 Å². The first-order valence-electron chi connectivity index (χ1n) is 2.13. The van der Waals surface area contributed by atoms with E-state index in [1.807, 2.05) is 6.07 Å². The van der Waals surface area contributed by atoms with E-state index in [4.69, 9.17) is 5.11 Å². The summed E-state index contributed by atoms with van der Waals surface area (Å²) in [6.45, 7) is 0. The molecule has 0 unspecified atom stereocenters. The van der Waals surface area contributed by atoms with Crippen LogP contribution >= 0.6 is 12.4 Å². The molecule has 0 amide bonds. The van der Waals surface area contributed by atoms with Gasteiger partial charge in [-0.3, -0.25) is 0 Å². The molecule has 0 fully saturated rings. The van der Waals surface area contributed by atoms with E-state index in [-0.39, 0.29) is 43.4 Å². The van der Waals surface area contributed by atoms with Gasteiger partial charge in [-0.2, -0.15) is 0 Å². The van der Waals surface area contributed by atoms with Gasteiger partial charge in [0.25, 0.3) is 0 Å². The number of hydrogen-bond acceptors (Lipinski definition) is 1. The molecule has 0 bridgehead atoms. The van der Waals surface area contributed by atoms with Crippen LogP contribution in [0.5, 0.6) is 5.75 Å². The molecule has 0 radical (unpaired) electrons. The van der Waals surface area contributed by atoms with Gasteiger partial charge in [0.15, 0.2) is 0 Å². The van der Waals surface area contributed by atoms with Gasteiger partial charge in [0.05, 0.1) is 0 Å². The Balaban J connectivity index is -0.000000163. The number of benzene rings is 1. The molecule has 0 atom stereocenters. The van der Waals surface area contributed by atoms with Crippen LogP contribution in [0, 0.1) is 0 Å². The molecular formula is C6H8ClNaO. The Hall–Kier alpha value is 0.310. The molecule has 0 aromatic heterocycles. The molecule has 0 aliphatic rings. The summed E-state index contributed by atoms with van der Waals surface area (Å²) in [4.78, 5) is 0. The summed E-state index contributed by atoms with van der Waals surface area (Å²) in [5.41, 5.74) is 0. The zero-order valence-corrected chi connectivity index (χ0v) is 8.06. The summed E-state index contributed by atoms with van der Waals surface area (Å²) < 4.78 is 0. The SMILES string of the molecule is Cl.Oc1ccccc1.[H-].[Na+]. The van der Waals surface area contributed by atoms with Crippen LogP contribution in [0.3, 0.4) is 0 Å². The van der Waals surface area contributed by atoms with Crippen LogP contribution < -0.4 is 29.6 Å². The summed E-state index contributed by atoms with van der Waals surface area (Å²) in [6.07, 6.45) is 0. The van der Waals surface area contributed by atoms with Crippen molar-refractivity contribution in [3.05, 3.63) is 30.3 Å². The molecule has 0 heterocycles. The van der Waals surface area contributed by atoms with Crippen molar-refractivity contribution in [2.45, 2.75) is 0 Å². The standard InChI is InChI=1S/C6H6O.ClH.Na.H/c7-6-4-2-1-3-5-6;;;/h1-5,7H;1H;;/q;;+1;-1. The first-order valence-corrected chi connectivity index (χ1v) is 2.13. The van der Waals surface area contributed by atoms with E-state index < -0.39 is 0 Å². The van der Waals surface area contributed by atoms with Gasteiger partial charge in [-0.05, 0) is 12.1 Å². The minimum absolute atomic E-state index is 0. The Morgan fingerprint density at radius 2 is 1.56 bits per heavy atom. The van der Waals surface area contributed by atoms with Crippen molar-refractivity contribution in [2.75, 3.05) is 0 Å². The molecular weight excluding hydrogens is 147 g/mol. The molecule has 1 aromatic carbocycles. The van der Waals surface area contributed by atoms with E-state index in [1.54, 1.807) is 24.3 Å². The van der Waals surface area contributed by atoms with Gasteiger partial charge in [0, 0.05) is 0 Å². The number of rotatable bonds is 0. The molecule has 1 N–H and O–H groups in total. The molecule has 1 rings (SSSR count). The van der Waals surface area contributed by atoms with Crippen molar-refractivity contribution >= 4 is 12.4 Å². The second kappa shape index (κ2) is 6.43. The maximum Gasteiger partial charge on any atom is 1.00 e. The molecule has 0 saturated carbocycles. The van der Waals surface area contributed by atoms with Crippen LogP contribution in [0.15, 0.2) is 30.3 Å². The summed E-state index contributed by atoms with van der Waals surface area (Å²) in [6, 6.07) is 8.71. The van der Waals surface area contributed by atoms with Gasteiger partial charge in [-0.1, -0.05) is 18.2 Å². The van der Waals surface area contributed by atoms with Crippen LogP contribution in [0.1, 0.15) is 1.43 Å². The van der Waals surface area contributed by atoms with E-state index in [0.717, 1.165) is 0 Å². The number of aromatic hydroxyl groups is 1. The molecule has 1 aromatic rings. The molecule has 1 nitrogen and oxygen atoms in total. The fraction of sp³-hybridized carbons (Fsp3) is 0. The van der Waals surface area contributed by atoms with Crippen LogP contribution in [0.25, 0.3) is 0 Å². The van der Waals surface area contributed by atoms with Gasteiger partial charge in [0.2, 0.25) is 0 Å². The molecule has 0 saturated heterocycles. The van der Waals surface area contributed by atoms with Crippen molar-refractivity contribution in [1.82, 2.24) is 0 Å². The van der Waals surface area contributed by atoms with Crippen molar-refractivity contribution in [1.29, 1.82) is 0 Å². The smallest absolute Gasteiger partial charge is 1.00 e. The van der Waals surface area contributed by atoms with E-state index in [9.17, 15) is 0 Å². The Morgan fingerprint density at radius 3 is 1.78 bits per heavy atom. The summed E-state index contributed by atoms with van der Waals surface area (Å²) in [7, 11) is 0. The average Bonchev–Trinajstić information content (AvgIpc) is 1.69. The number of hydrogen-bond donors (Lipinski definition) is 1. The molecule has 46 valence electrons. The maximum absolute atomic E-state index is 8.63. The van der Waals surface area contributed by atoms with Crippen molar-refractivity contribution < 1.29 is 36.1 Å². The molecule has 0 spiro atoms. The Bertz CT molecular complexity index is 148. The zero-order chi connectivity index (χ0) is 5.11. The largest absolute Gasteiger partial charge is 1.00 e. The second-order valence-corrected chi connectivity index (χ2v) is 1.34. The fourth-order valence-corrected chi connectivity index (χ4v) is 0.428. The summed E-state index contributed by atoms with van der Waals surface area (Å²) in [5, 5.41) is 8.63. The predicted molar refractivity (Wildman–Crippen MR) is 36.5 cm³/mol. The average molecular weight is 155 g/mol. The minimum Gasteiger partial charge on any atom is -1.00 e. The van der Waals surface area contributed by atoms with Crippen LogP contribution in [0.4, 0.5) is 0 Å². The van der Waals surface area contributed by atoms with E-state index in [2.05, 4.69) is 0 Å². The van der Waals surface area contributed by atoms with E-state index in [1.165, 1.54) is 0 Å². The van der Waals surface area contributed by atoms with Crippen LogP contribution in [-0.2, 0) is 0 Å². The summed E-state index contributed by atoms with van der Waals surface area (Å²) in [5.74, 6) is 0.322. The quantitative estimate of drug-likeness (QED) is 0.472. The molecule has 0 aliphatic heterocycles. The van der Waals surface area contributed by atoms with E-state index in [0.29, 0.717) is 5.75 Å². The number of phenolic OH excluding ortho intramolecular Hbond substituents is 1. The van der Waals surface area contributed by atoms with Gasteiger partial charge in [0.1, 0.15) is 5.75 Å². The van der Waals surface area contributed by atoms with Gasteiger partial charge < -0.3 is 6.53 Å². The molecule has 9 heavy (non-hydrogen) atoms. The third-order valence-electron chi connectivity index (χ3n) is 0.756. The number of para-hydroxylation sites is 1. The summed E-state index contributed by atoms with van der Waals surface area (Å²) >= 11 is 0. The van der Waals surface area contributed by atoms with Gasteiger partial charge in [-0.15, -0.1) is 12.4 Å². The predicted octanol–water partition coefficient (Wildman–Crippen LogP) is -1.07. The second-order valence-electron chi connectivity index (χ2n) is 1.34. The first kappa shape index (κ1) is 12.0. The normalized spacial score (nSPS) is 6.67. The monoisotopic (exact) mass is 154 g/mol. The Labute approximate surface area is 84.3 Å². The molecule has 3 heteroatoms. The minimum atomic E-state index is 0. The number of phenols is 1. The van der Waals surface area contributed by atoms with Crippen molar-refractivity contribution in [3.8, 4) is 5.75 Å². The van der Waals surface area contributed by atoms with Crippen molar-refractivity contribution in [3.63, 3.8) is 0 Å². The number of halogens is 1. The zero-order valence-electron chi connectivity index (χ0n) is 6.24. The van der Waals surface area contributed by atoms with Crippen molar-refractivity contribution in [2.24, 2.45) is 0 Å². The van der Waals surface area contributed by atoms with Crippen LogP contribution in [-0.4, -0.2) is 5.11 Å². The third kappa shape index (κ3) is 4.79. The maximum atomic E-state index is 8.63. The van der Waals surface area contributed by atoms with Crippen LogP contribution in [0.2, 0.25) is 0 Å². The fourth-order valence-electron chi connectivity index (χ4n) is 0.428. The molecule has 0 aliphatic carbocycles. The first-order chi connectivity index (χ1) is 3.39. The Morgan fingerprint density at radius 1 is 1.11 bits per heavy atom. The van der Waals surface area contributed by atoms with E-state index >= 15 is 0 Å². The topological polar surface area (TPSA) is 20.2 Å². The Kier molecular flexibility index (Phi) is 8.60. The third-order valence-corrected chi connectivity index (χ3v) is 0.756. The van der Waals surface area contributed by atoms with Gasteiger partial charge in [-0.25, -0.2) is 0 Å².